The zero-order valence-electron chi connectivity index (χ0n) is 10.2. The van der Waals surface area contributed by atoms with E-state index in [9.17, 15) is 14.9 Å². The highest BCUT2D eigenvalue weighted by Crippen LogP contribution is 2.18. The molecule has 2 N–H and O–H groups in total. The number of pyridine rings is 1. The van der Waals surface area contributed by atoms with Crippen molar-refractivity contribution in [1.82, 2.24) is 4.98 Å². The van der Waals surface area contributed by atoms with Gasteiger partial charge in [-0.3, -0.25) is 14.9 Å². The number of carbonyl (C=O) groups is 1. The largest absolute Gasteiger partial charge is 0.481 e. The van der Waals surface area contributed by atoms with Crippen LogP contribution in [0.25, 0.3) is 0 Å². The second-order valence-corrected chi connectivity index (χ2v) is 4.04. The smallest absolute Gasteiger partial charge is 0.303 e. The summed E-state index contributed by atoms with van der Waals surface area (Å²) < 4.78 is 0. The fourth-order valence-electron chi connectivity index (χ4n) is 1.42. The van der Waals surface area contributed by atoms with E-state index in [1.807, 2.05) is 6.07 Å². The molecule has 0 spiro atoms. The second kappa shape index (κ2) is 6.30. The van der Waals surface area contributed by atoms with Crippen LogP contribution in [0.5, 0.6) is 0 Å². The van der Waals surface area contributed by atoms with Gasteiger partial charge >= 0.3 is 5.97 Å². The zero-order valence-corrected chi connectivity index (χ0v) is 10.2. The monoisotopic (exact) mass is 264 g/mol. The Morgan fingerprint density at radius 3 is 2.95 bits per heavy atom. The highest BCUT2D eigenvalue weighted by Gasteiger charge is 2.13. The molecule has 1 aromatic rings. The molecule has 0 aliphatic carbocycles. The highest BCUT2D eigenvalue weighted by atomic mass is 16.6. The molecule has 1 aromatic heterocycles. The van der Waals surface area contributed by atoms with E-state index in [0.717, 1.165) is 12.3 Å². The van der Waals surface area contributed by atoms with Crippen molar-refractivity contribution in [1.29, 1.82) is 5.26 Å². The first-order valence-corrected chi connectivity index (χ1v) is 5.44. The number of nitrogens with zero attached hydrogens (tertiary/aromatic N) is 3. The topological polar surface area (TPSA) is 129 Å². The van der Waals surface area contributed by atoms with Gasteiger partial charge in [-0.15, -0.1) is 0 Å². The van der Waals surface area contributed by atoms with Crippen LogP contribution in [0.15, 0.2) is 12.3 Å². The molecule has 19 heavy (non-hydrogen) atoms. The number of hydrogen-bond donors (Lipinski definition) is 2. The Morgan fingerprint density at radius 1 is 1.74 bits per heavy atom. The van der Waals surface area contributed by atoms with E-state index >= 15 is 0 Å². The fourth-order valence-corrected chi connectivity index (χ4v) is 1.42. The van der Waals surface area contributed by atoms with Gasteiger partial charge in [0.15, 0.2) is 0 Å². The Morgan fingerprint density at radius 2 is 2.42 bits per heavy atom. The van der Waals surface area contributed by atoms with Crippen molar-refractivity contribution in [2.75, 3.05) is 11.9 Å². The van der Waals surface area contributed by atoms with Crippen molar-refractivity contribution in [3.05, 3.63) is 27.9 Å². The molecule has 1 unspecified atom stereocenters. The molecule has 0 radical (unpaired) electrons. The molecule has 0 fully saturated rings. The number of aromatic nitrogens is 1. The number of anilines is 1. The summed E-state index contributed by atoms with van der Waals surface area (Å²) in [7, 11) is 0. The highest BCUT2D eigenvalue weighted by molar-refractivity contribution is 5.67. The lowest BCUT2D eigenvalue weighted by atomic mass is 10.1. The van der Waals surface area contributed by atoms with Gasteiger partial charge in [-0.05, 0) is 5.92 Å². The summed E-state index contributed by atoms with van der Waals surface area (Å²) in [5.74, 6) is -0.849. The van der Waals surface area contributed by atoms with Crippen LogP contribution in [0.1, 0.15) is 18.9 Å². The molecule has 1 atom stereocenters. The van der Waals surface area contributed by atoms with Crippen molar-refractivity contribution in [2.45, 2.75) is 13.3 Å². The van der Waals surface area contributed by atoms with Gasteiger partial charge in [-0.2, -0.15) is 5.26 Å². The molecular formula is C11H12N4O4. The predicted molar refractivity (Wildman–Crippen MR) is 65.5 cm³/mol. The maximum absolute atomic E-state index is 10.5. The Balaban J connectivity index is 2.76. The Bertz CT molecular complexity index is 538. The maximum atomic E-state index is 10.5. The average molecular weight is 264 g/mol. The summed E-state index contributed by atoms with van der Waals surface area (Å²) in [5.41, 5.74) is -0.211. The van der Waals surface area contributed by atoms with Crippen LogP contribution in [0.3, 0.4) is 0 Å². The minimum Gasteiger partial charge on any atom is -0.481 e. The van der Waals surface area contributed by atoms with Crippen LogP contribution in [0.4, 0.5) is 11.5 Å². The minimum absolute atomic E-state index is 0.0120. The first-order valence-electron chi connectivity index (χ1n) is 5.44. The van der Waals surface area contributed by atoms with Gasteiger partial charge in [0.1, 0.15) is 23.6 Å². The zero-order chi connectivity index (χ0) is 14.4. The van der Waals surface area contributed by atoms with E-state index in [2.05, 4.69) is 10.3 Å². The number of nitrogens with one attached hydrogen (secondary N) is 1. The second-order valence-electron chi connectivity index (χ2n) is 4.04. The molecule has 0 aliphatic heterocycles. The molecule has 0 aliphatic rings. The van der Waals surface area contributed by atoms with Gasteiger partial charge < -0.3 is 10.4 Å². The van der Waals surface area contributed by atoms with E-state index in [4.69, 9.17) is 10.4 Å². The summed E-state index contributed by atoms with van der Waals surface area (Å²) in [6.45, 7) is 2.05. The quantitative estimate of drug-likeness (QED) is 0.586. The number of aliphatic carboxylic acids is 1. The summed E-state index contributed by atoms with van der Waals surface area (Å²) in [4.78, 5) is 24.2. The van der Waals surface area contributed by atoms with Crippen LogP contribution in [-0.2, 0) is 4.79 Å². The third-order valence-corrected chi connectivity index (χ3v) is 2.35. The van der Waals surface area contributed by atoms with Crippen molar-refractivity contribution in [3.63, 3.8) is 0 Å². The Labute approximate surface area is 108 Å². The summed E-state index contributed by atoms with van der Waals surface area (Å²) in [5, 5.41) is 30.9. The van der Waals surface area contributed by atoms with Crippen LogP contribution < -0.4 is 5.32 Å². The number of hydrogen-bond acceptors (Lipinski definition) is 6. The molecule has 0 saturated heterocycles. The standard InChI is InChI=1S/C11H12N4O4/c1-7(2-10(16)17)5-13-11-8(4-12)3-9(6-14-11)15(18)19/h3,6-7H,2,5H2,1H3,(H,13,14)(H,16,17). The van der Waals surface area contributed by atoms with Crippen molar-refractivity contribution >= 4 is 17.5 Å². The average Bonchev–Trinajstić information content (AvgIpc) is 2.35. The van der Waals surface area contributed by atoms with E-state index in [0.29, 0.717) is 6.54 Å². The Hall–Kier alpha value is -2.69. The first kappa shape index (κ1) is 14.4. The third-order valence-electron chi connectivity index (χ3n) is 2.35. The SMILES string of the molecule is CC(CNc1ncc([N+](=O)[O-])cc1C#N)CC(=O)O. The van der Waals surface area contributed by atoms with Gasteiger partial charge in [-0.25, -0.2) is 4.98 Å². The van der Waals surface area contributed by atoms with Crippen LogP contribution in [0, 0.1) is 27.4 Å². The number of nitro groups is 1. The molecule has 0 amide bonds. The molecule has 0 bridgehead atoms. The van der Waals surface area contributed by atoms with E-state index in [1.165, 1.54) is 0 Å². The van der Waals surface area contributed by atoms with Crippen molar-refractivity contribution < 1.29 is 14.8 Å². The lowest BCUT2D eigenvalue weighted by Gasteiger charge is -2.11. The molecule has 100 valence electrons. The number of carboxylic acid groups (broad SMARTS) is 1. The van der Waals surface area contributed by atoms with Gasteiger partial charge in [0.25, 0.3) is 5.69 Å². The first-order chi connectivity index (χ1) is 8.93. The van der Waals surface area contributed by atoms with Gasteiger partial charge in [0.05, 0.1) is 4.92 Å². The van der Waals surface area contributed by atoms with Crippen molar-refractivity contribution in [2.24, 2.45) is 5.92 Å². The molecular weight excluding hydrogens is 252 g/mol. The minimum atomic E-state index is -0.911. The molecule has 1 rings (SSSR count). The summed E-state index contributed by atoms with van der Waals surface area (Å²) >= 11 is 0. The number of rotatable bonds is 6. The third kappa shape index (κ3) is 4.23. The van der Waals surface area contributed by atoms with E-state index in [1.54, 1.807) is 6.92 Å². The van der Waals surface area contributed by atoms with Crippen LogP contribution >= 0.6 is 0 Å². The molecule has 0 aromatic carbocycles. The van der Waals surface area contributed by atoms with E-state index < -0.39 is 10.9 Å². The van der Waals surface area contributed by atoms with Gasteiger partial charge in [-0.1, -0.05) is 6.92 Å². The molecule has 0 saturated carbocycles. The fraction of sp³-hybridized carbons (Fsp3) is 0.364. The lowest BCUT2D eigenvalue weighted by molar-refractivity contribution is -0.385. The molecule has 8 heteroatoms. The lowest BCUT2D eigenvalue weighted by Crippen LogP contribution is -2.16. The normalized spacial score (nSPS) is 11.4. The summed E-state index contributed by atoms with van der Waals surface area (Å²) in [6.07, 6.45) is 1.03. The van der Waals surface area contributed by atoms with Crippen molar-refractivity contribution in [3.8, 4) is 6.07 Å². The van der Waals surface area contributed by atoms with Gasteiger partial charge in [0, 0.05) is 19.0 Å². The van der Waals surface area contributed by atoms with Gasteiger partial charge in [0.2, 0.25) is 0 Å². The number of nitriles is 1. The maximum Gasteiger partial charge on any atom is 0.303 e. The number of carboxylic acids is 1. The molecule has 1 heterocycles. The molecule has 8 nitrogen and oxygen atoms in total. The van der Waals surface area contributed by atoms with E-state index in [-0.39, 0.29) is 29.4 Å². The van der Waals surface area contributed by atoms with Crippen LogP contribution in [-0.4, -0.2) is 27.5 Å². The summed E-state index contributed by atoms with van der Waals surface area (Å²) in [6, 6.07) is 2.93. The predicted octanol–water partition coefficient (Wildman–Crippen LogP) is 1.38. The Kier molecular flexibility index (Phi) is 4.76. The van der Waals surface area contributed by atoms with Crippen LogP contribution in [0.2, 0.25) is 0 Å².